The molecule has 0 aromatic rings. The Bertz CT molecular complexity index is 312. The van der Waals surface area contributed by atoms with Crippen molar-refractivity contribution in [2.75, 3.05) is 19.6 Å². The van der Waals surface area contributed by atoms with Gasteiger partial charge in [-0.1, -0.05) is 0 Å². The topological polar surface area (TPSA) is 78.4 Å². The van der Waals surface area contributed by atoms with Crippen molar-refractivity contribution in [2.45, 2.75) is 19.0 Å². The van der Waals surface area contributed by atoms with Gasteiger partial charge in [-0.3, -0.25) is 4.79 Å². The Labute approximate surface area is 102 Å². The van der Waals surface area contributed by atoms with Crippen LogP contribution >= 0.6 is 0 Å². The molecule has 5 nitrogen and oxygen atoms in total. The van der Waals surface area contributed by atoms with Gasteiger partial charge in [-0.25, -0.2) is 4.79 Å². The van der Waals surface area contributed by atoms with Crippen molar-refractivity contribution in [3.8, 4) is 0 Å². The minimum atomic E-state index is -5.08. The van der Waals surface area contributed by atoms with Crippen molar-refractivity contribution >= 4 is 11.9 Å². The van der Waals surface area contributed by atoms with E-state index in [4.69, 9.17) is 9.90 Å². The number of nitrogens with one attached hydrogen (secondary N) is 2. The molecular formula is C10H15F3N2O3. The van der Waals surface area contributed by atoms with E-state index in [2.05, 4.69) is 10.6 Å². The van der Waals surface area contributed by atoms with Crippen molar-refractivity contribution in [3.05, 3.63) is 0 Å². The summed E-state index contributed by atoms with van der Waals surface area (Å²) >= 11 is 0. The largest absolute Gasteiger partial charge is 0.490 e. The maximum atomic E-state index is 11.2. The first-order valence-corrected chi connectivity index (χ1v) is 5.59. The predicted octanol–water partition coefficient (Wildman–Crippen LogP) is 0.365. The average Bonchev–Trinajstić information content (AvgIpc) is 2.94. The molecule has 1 heterocycles. The van der Waals surface area contributed by atoms with Gasteiger partial charge in [0.1, 0.15) is 0 Å². The second-order valence-electron chi connectivity index (χ2n) is 4.35. The van der Waals surface area contributed by atoms with E-state index in [1.54, 1.807) is 0 Å². The zero-order chi connectivity index (χ0) is 13.8. The van der Waals surface area contributed by atoms with E-state index in [-0.39, 0.29) is 11.8 Å². The number of carbonyl (C=O) groups is 2. The highest BCUT2D eigenvalue weighted by Gasteiger charge is 2.38. The molecule has 8 heteroatoms. The van der Waals surface area contributed by atoms with Crippen molar-refractivity contribution in [1.29, 1.82) is 0 Å². The number of amides is 1. The Morgan fingerprint density at radius 2 is 1.78 bits per heavy atom. The third-order valence-electron chi connectivity index (χ3n) is 2.66. The van der Waals surface area contributed by atoms with E-state index in [9.17, 15) is 18.0 Å². The maximum Gasteiger partial charge on any atom is 0.490 e. The van der Waals surface area contributed by atoms with Gasteiger partial charge in [0.15, 0.2) is 0 Å². The fraction of sp³-hybridized carbons (Fsp3) is 0.800. The lowest BCUT2D eigenvalue weighted by atomic mass is 10.0. The van der Waals surface area contributed by atoms with Gasteiger partial charge < -0.3 is 15.7 Å². The molecule has 0 atom stereocenters. The SMILES string of the molecule is O=C(NCC1CC1)C1CNC1.O=C(O)C(F)(F)F. The van der Waals surface area contributed by atoms with Crippen molar-refractivity contribution in [2.24, 2.45) is 11.8 Å². The predicted molar refractivity (Wildman–Crippen MR) is 55.8 cm³/mol. The number of carbonyl (C=O) groups excluding carboxylic acids is 1. The summed E-state index contributed by atoms with van der Waals surface area (Å²) < 4.78 is 31.7. The molecule has 0 spiro atoms. The molecule has 2 rings (SSSR count). The lowest BCUT2D eigenvalue weighted by Gasteiger charge is -2.25. The quantitative estimate of drug-likeness (QED) is 0.691. The van der Waals surface area contributed by atoms with Gasteiger partial charge in [-0.05, 0) is 18.8 Å². The van der Waals surface area contributed by atoms with Crippen LogP contribution in [-0.4, -0.2) is 42.8 Å². The van der Waals surface area contributed by atoms with Gasteiger partial charge in [0.25, 0.3) is 0 Å². The van der Waals surface area contributed by atoms with Crippen LogP contribution in [-0.2, 0) is 9.59 Å². The fourth-order valence-corrected chi connectivity index (χ4v) is 1.19. The molecule has 1 saturated heterocycles. The van der Waals surface area contributed by atoms with E-state index in [1.165, 1.54) is 12.8 Å². The van der Waals surface area contributed by atoms with Crippen LogP contribution in [0.3, 0.4) is 0 Å². The molecule has 2 aliphatic rings. The highest BCUT2D eigenvalue weighted by molar-refractivity contribution is 5.80. The van der Waals surface area contributed by atoms with Crippen LogP contribution in [0.2, 0.25) is 0 Å². The number of halogens is 3. The second kappa shape index (κ2) is 6.03. The Kier molecular flexibility index (Phi) is 4.94. The number of rotatable bonds is 3. The lowest BCUT2D eigenvalue weighted by molar-refractivity contribution is -0.192. The summed E-state index contributed by atoms with van der Waals surface area (Å²) in [5.74, 6) is -1.45. The second-order valence-corrected chi connectivity index (χ2v) is 4.35. The standard InChI is InChI=1S/C8H14N2O.C2HF3O2/c11-8(7-4-9-5-7)10-3-6-1-2-6;3-2(4,5)1(6)7/h6-7,9H,1-5H2,(H,10,11);(H,6,7). The molecule has 0 bridgehead atoms. The molecule has 1 aliphatic carbocycles. The molecule has 3 N–H and O–H groups in total. The van der Waals surface area contributed by atoms with Gasteiger partial charge in [0, 0.05) is 19.6 Å². The first-order chi connectivity index (χ1) is 8.30. The molecule has 104 valence electrons. The molecule has 1 aliphatic heterocycles. The van der Waals surface area contributed by atoms with Crippen molar-refractivity contribution in [3.63, 3.8) is 0 Å². The maximum absolute atomic E-state index is 11.2. The van der Waals surface area contributed by atoms with Crippen LogP contribution < -0.4 is 10.6 Å². The molecule has 1 saturated carbocycles. The van der Waals surface area contributed by atoms with Crippen LogP contribution in [0.15, 0.2) is 0 Å². The van der Waals surface area contributed by atoms with E-state index < -0.39 is 12.1 Å². The van der Waals surface area contributed by atoms with Gasteiger partial charge >= 0.3 is 12.1 Å². The lowest BCUT2D eigenvalue weighted by Crippen LogP contribution is -2.51. The summed E-state index contributed by atoms with van der Waals surface area (Å²) in [4.78, 5) is 20.1. The molecule has 0 radical (unpaired) electrons. The average molecular weight is 268 g/mol. The smallest absolute Gasteiger partial charge is 0.475 e. The number of alkyl halides is 3. The summed E-state index contributed by atoms with van der Waals surface area (Å²) in [6.07, 6.45) is -2.47. The number of hydrogen-bond acceptors (Lipinski definition) is 3. The van der Waals surface area contributed by atoms with Crippen LogP contribution in [0.1, 0.15) is 12.8 Å². The first kappa shape index (κ1) is 14.7. The van der Waals surface area contributed by atoms with Gasteiger partial charge in [0.2, 0.25) is 5.91 Å². The molecule has 0 unspecified atom stereocenters. The monoisotopic (exact) mass is 268 g/mol. The molecule has 18 heavy (non-hydrogen) atoms. The van der Waals surface area contributed by atoms with Crippen molar-refractivity contribution in [1.82, 2.24) is 10.6 Å². The molecule has 0 aromatic carbocycles. The molecule has 2 fully saturated rings. The summed E-state index contributed by atoms with van der Waals surface area (Å²) in [5, 5.41) is 13.2. The summed E-state index contributed by atoms with van der Waals surface area (Å²) in [5.41, 5.74) is 0. The summed E-state index contributed by atoms with van der Waals surface area (Å²) in [6.45, 7) is 2.66. The number of carboxylic acid groups (broad SMARTS) is 1. The number of hydrogen-bond donors (Lipinski definition) is 3. The van der Waals surface area contributed by atoms with E-state index in [0.29, 0.717) is 0 Å². The Morgan fingerprint density at radius 3 is 2.06 bits per heavy atom. The van der Waals surface area contributed by atoms with Crippen molar-refractivity contribution < 1.29 is 27.9 Å². The Morgan fingerprint density at radius 1 is 1.28 bits per heavy atom. The Balaban J connectivity index is 0.000000203. The first-order valence-electron chi connectivity index (χ1n) is 5.59. The summed E-state index contributed by atoms with van der Waals surface area (Å²) in [7, 11) is 0. The third kappa shape index (κ3) is 5.35. The molecular weight excluding hydrogens is 253 g/mol. The highest BCUT2D eigenvalue weighted by Crippen LogP contribution is 2.27. The minimum Gasteiger partial charge on any atom is -0.475 e. The normalized spacial score (nSPS) is 19.3. The van der Waals surface area contributed by atoms with Gasteiger partial charge in [0.05, 0.1) is 5.92 Å². The van der Waals surface area contributed by atoms with Crippen LogP contribution in [0.4, 0.5) is 13.2 Å². The van der Waals surface area contributed by atoms with E-state index in [1.807, 2.05) is 0 Å². The molecule has 0 aromatic heterocycles. The fourth-order valence-electron chi connectivity index (χ4n) is 1.19. The van der Waals surface area contributed by atoms with E-state index in [0.717, 1.165) is 25.6 Å². The van der Waals surface area contributed by atoms with Crippen LogP contribution in [0.5, 0.6) is 0 Å². The van der Waals surface area contributed by atoms with Crippen LogP contribution in [0, 0.1) is 11.8 Å². The zero-order valence-corrected chi connectivity index (χ0v) is 9.59. The highest BCUT2D eigenvalue weighted by atomic mass is 19.4. The number of aliphatic carboxylic acids is 1. The third-order valence-corrected chi connectivity index (χ3v) is 2.66. The zero-order valence-electron chi connectivity index (χ0n) is 9.59. The Hall–Kier alpha value is -1.31. The summed E-state index contributed by atoms with van der Waals surface area (Å²) in [6, 6.07) is 0. The van der Waals surface area contributed by atoms with Crippen LogP contribution in [0.25, 0.3) is 0 Å². The minimum absolute atomic E-state index is 0.246. The van der Waals surface area contributed by atoms with Gasteiger partial charge in [-0.15, -0.1) is 0 Å². The number of carboxylic acids is 1. The molecule has 1 amide bonds. The van der Waals surface area contributed by atoms with E-state index >= 15 is 0 Å². The van der Waals surface area contributed by atoms with Gasteiger partial charge in [-0.2, -0.15) is 13.2 Å².